The van der Waals surface area contributed by atoms with E-state index in [2.05, 4.69) is 43.9 Å². The molecule has 2 nitrogen and oxygen atoms in total. The van der Waals surface area contributed by atoms with Crippen molar-refractivity contribution in [1.82, 2.24) is 5.32 Å². The largest absolute Gasteiger partial charge is 0.351 e. The van der Waals surface area contributed by atoms with Crippen molar-refractivity contribution >= 4 is 29.3 Å². The summed E-state index contributed by atoms with van der Waals surface area (Å²) < 4.78 is 0. The van der Waals surface area contributed by atoms with Crippen LogP contribution in [0.3, 0.4) is 0 Å². The van der Waals surface area contributed by atoms with Crippen LogP contribution in [0.4, 0.5) is 0 Å². The van der Waals surface area contributed by atoms with E-state index in [-0.39, 0.29) is 5.91 Å². The van der Waals surface area contributed by atoms with E-state index < -0.39 is 0 Å². The molecule has 0 saturated heterocycles. The minimum atomic E-state index is 0.00753. The minimum absolute atomic E-state index is 0.00753. The summed E-state index contributed by atoms with van der Waals surface area (Å²) >= 11 is 7.26. The van der Waals surface area contributed by atoms with Crippen LogP contribution in [0.5, 0.6) is 0 Å². The van der Waals surface area contributed by atoms with Crippen LogP contribution in [0.2, 0.25) is 0 Å². The highest BCUT2D eigenvalue weighted by molar-refractivity contribution is 7.99. The molecule has 0 spiro atoms. The van der Waals surface area contributed by atoms with Gasteiger partial charge in [0.15, 0.2) is 0 Å². The summed E-state index contributed by atoms with van der Waals surface area (Å²) in [7, 11) is 0. The van der Waals surface area contributed by atoms with Crippen molar-refractivity contribution in [1.29, 1.82) is 0 Å². The van der Waals surface area contributed by atoms with Crippen LogP contribution in [0.25, 0.3) is 0 Å². The van der Waals surface area contributed by atoms with E-state index in [0.29, 0.717) is 18.0 Å². The minimum Gasteiger partial charge on any atom is -0.351 e. The van der Waals surface area contributed by atoms with Gasteiger partial charge in [-0.25, -0.2) is 0 Å². The fraction of sp³-hybridized carbons (Fsp3) is 0.357. The smallest absolute Gasteiger partial charge is 0.221 e. The van der Waals surface area contributed by atoms with Gasteiger partial charge in [-0.1, -0.05) is 24.2 Å². The number of rotatable bonds is 6. The second kappa shape index (κ2) is 7.49. The average molecular weight is 284 g/mol. The zero-order valence-electron chi connectivity index (χ0n) is 10.8. The third-order valence-electron chi connectivity index (χ3n) is 2.55. The molecule has 0 fully saturated rings. The standard InChI is InChI=1S/C14H18ClNOS/c1-10-4-5-13(8-11(10)2)18-7-6-14(17)16-9-12(3)15/h4-5,8H,3,6-7,9H2,1-2H3,(H,16,17). The summed E-state index contributed by atoms with van der Waals surface area (Å²) in [5.74, 6) is 0.774. The van der Waals surface area contributed by atoms with E-state index in [9.17, 15) is 4.79 Å². The van der Waals surface area contributed by atoms with Crippen LogP contribution in [0.1, 0.15) is 17.5 Å². The Kier molecular flexibility index (Phi) is 6.30. The Hall–Kier alpha value is -0.930. The molecule has 0 radical (unpaired) electrons. The maximum atomic E-state index is 11.4. The van der Waals surface area contributed by atoms with Crippen LogP contribution in [0, 0.1) is 13.8 Å². The van der Waals surface area contributed by atoms with E-state index in [1.807, 2.05) is 0 Å². The molecule has 0 aliphatic rings. The number of amides is 1. The first-order valence-corrected chi connectivity index (χ1v) is 7.15. The van der Waals surface area contributed by atoms with E-state index >= 15 is 0 Å². The molecule has 0 saturated carbocycles. The average Bonchev–Trinajstić information content (AvgIpc) is 2.31. The first kappa shape index (κ1) is 15.1. The Morgan fingerprint density at radius 3 is 2.72 bits per heavy atom. The first-order chi connectivity index (χ1) is 8.49. The molecule has 4 heteroatoms. The number of thioether (sulfide) groups is 1. The lowest BCUT2D eigenvalue weighted by Gasteiger charge is -2.06. The molecule has 0 aliphatic heterocycles. The van der Waals surface area contributed by atoms with Crippen molar-refractivity contribution in [3.05, 3.63) is 40.9 Å². The summed E-state index contributed by atoms with van der Waals surface area (Å²) in [5.41, 5.74) is 2.57. The number of halogens is 1. The molecule has 0 aliphatic carbocycles. The van der Waals surface area contributed by atoms with Crippen LogP contribution < -0.4 is 5.32 Å². The number of nitrogens with one attached hydrogen (secondary N) is 1. The maximum absolute atomic E-state index is 11.4. The molecular weight excluding hydrogens is 266 g/mol. The number of carbonyl (C=O) groups excluding carboxylic acids is 1. The van der Waals surface area contributed by atoms with Crippen molar-refractivity contribution in [3.8, 4) is 0 Å². The van der Waals surface area contributed by atoms with Gasteiger partial charge in [-0.3, -0.25) is 4.79 Å². The lowest BCUT2D eigenvalue weighted by atomic mass is 10.1. The quantitative estimate of drug-likeness (QED) is 0.808. The Balaban J connectivity index is 2.30. The molecule has 1 N–H and O–H groups in total. The molecule has 1 rings (SSSR count). The third-order valence-corrected chi connectivity index (χ3v) is 3.68. The number of hydrogen-bond acceptors (Lipinski definition) is 2. The molecular formula is C14H18ClNOS. The third kappa shape index (κ3) is 5.61. The van der Waals surface area contributed by atoms with Gasteiger partial charge in [0.05, 0.1) is 6.54 Å². The van der Waals surface area contributed by atoms with Gasteiger partial charge in [0.2, 0.25) is 5.91 Å². The maximum Gasteiger partial charge on any atom is 0.221 e. The van der Waals surface area contributed by atoms with E-state index in [1.165, 1.54) is 16.0 Å². The van der Waals surface area contributed by atoms with Crippen molar-refractivity contribution < 1.29 is 4.79 Å². The van der Waals surface area contributed by atoms with E-state index in [4.69, 9.17) is 11.6 Å². The second-order valence-corrected chi connectivity index (χ2v) is 5.84. The topological polar surface area (TPSA) is 29.1 Å². The zero-order chi connectivity index (χ0) is 13.5. The van der Waals surface area contributed by atoms with Crippen molar-refractivity contribution in [2.75, 3.05) is 12.3 Å². The summed E-state index contributed by atoms with van der Waals surface area (Å²) in [6, 6.07) is 6.35. The second-order valence-electron chi connectivity index (χ2n) is 4.14. The van der Waals surface area contributed by atoms with Gasteiger partial charge in [-0.05, 0) is 37.1 Å². The van der Waals surface area contributed by atoms with Gasteiger partial charge in [-0.2, -0.15) is 0 Å². The van der Waals surface area contributed by atoms with Crippen LogP contribution in [0.15, 0.2) is 34.7 Å². The van der Waals surface area contributed by atoms with Gasteiger partial charge in [-0.15, -0.1) is 11.8 Å². The highest BCUT2D eigenvalue weighted by atomic mass is 35.5. The van der Waals surface area contributed by atoms with Crippen LogP contribution in [-0.2, 0) is 4.79 Å². The Bertz CT molecular complexity index is 445. The number of hydrogen-bond donors (Lipinski definition) is 1. The SMILES string of the molecule is C=C(Cl)CNC(=O)CCSc1ccc(C)c(C)c1. The number of aryl methyl sites for hydroxylation is 2. The number of benzene rings is 1. The molecule has 0 atom stereocenters. The lowest BCUT2D eigenvalue weighted by molar-refractivity contribution is -0.120. The zero-order valence-corrected chi connectivity index (χ0v) is 12.3. The summed E-state index contributed by atoms with van der Waals surface area (Å²) in [4.78, 5) is 12.6. The molecule has 1 aromatic carbocycles. The summed E-state index contributed by atoms with van der Waals surface area (Å²) in [6.45, 7) is 8.05. The normalized spacial score (nSPS) is 10.2. The number of carbonyl (C=O) groups is 1. The molecule has 0 unspecified atom stereocenters. The van der Waals surface area contributed by atoms with Crippen LogP contribution >= 0.6 is 23.4 Å². The Morgan fingerprint density at radius 1 is 1.39 bits per heavy atom. The van der Waals surface area contributed by atoms with Gasteiger partial charge in [0.25, 0.3) is 0 Å². The van der Waals surface area contributed by atoms with E-state index in [1.54, 1.807) is 11.8 Å². The fourth-order valence-electron chi connectivity index (χ4n) is 1.35. The van der Waals surface area contributed by atoms with Crippen LogP contribution in [-0.4, -0.2) is 18.2 Å². The predicted octanol–water partition coefficient (Wildman–Crippen LogP) is 3.65. The Labute approximate surface area is 118 Å². The van der Waals surface area contributed by atoms with Gasteiger partial charge >= 0.3 is 0 Å². The monoisotopic (exact) mass is 283 g/mol. The van der Waals surface area contributed by atoms with Crippen molar-refractivity contribution in [2.24, 2.45) is 0 Å². The van der Waals surface area contributed by atoms with Gasteiger partial charge in [0, 0.05) is 22.1 Å². The predicted molar refractivity (Wildman–Crippen MR) is 79.3 cm³/mol. The fourth-order valence-corrected chi connectivity index (χ4v) is 2.36. The molecule has 98 valence electrons. The lowest BCUT2D eigenvalue weighted by Crippen LogP contribution is -2.24. The molecule has 0 aromatic heterocycles. The molecule has 1 amide bonds. The Morgan fingerprint density at radius 2 is 2.11 bits per heavy atom. The highest BCUT2D eigenvalue weighted by Crippen LogP contribution is 2.21. The van der Waals surface area contributed by atoms with Gasteiger partial charge in [0.1, 0.15) is 0 Å². The van der Waals surface area contributed by atoms with Crippen molar-refractivity contribution in [3.63, 3.8) is 0 Å². The molecule has 0 bridgehead atoms. The molecule has 1 aromatic rings. The van der Waals surface area contributed by atoms with E-state index in [0.717, 1.165) is 5.75 Å². The van der Waals surface area contributed by atoms with Crippen molar-refractivity contribution in [2.45, 2.75) is 25.2 Å². The van der Waals surface area contributed by atoms with Gasteiger partial charge < -0.3 is 5.32 Å². The highest BCUT2D eigenvalue weighted by Gasteiger charge is 2.02. The molecule has 0 heterocycles. The molecule has 18 heavy (non-hydrogen) atoms. The summed E-state index contributed by atoms with van der Waals surface area (Å²) in [5, 5.41) is 3.15. The summed E-state index contributed by atoms with van der Waals surface area (Å²) in [6.07, 6.45) is 0.488. The first-order valence-electron chi connectivity index (χ1n) is 5.79.